The van der Waals surface area contributed by atoms with E-state index in [0.29, 0.717) is 38.0 Å². The van der Waals surface area contributed by atoms with Crippen LogP contribution in [0.5, 0.6) is 0 Å². The topological polar surface area (TPSA) is 52.7 Å². The summed E-state index contributed by atoms with van der Waals surface area (Å²) in [6.45, 7) is 3.32. The van der Waals surface area contributed by atoms with Gasteiger partial charge in [-0.15, -0.1) is 12.4 Å². The molecule has 0 bridgehead atoms. The fourth-order valence-electron chi connectivity index (χ4n) is 3.71. The van der Waals surface area contributed by atoms with Gasteiger partial charge in [-0.25, -0.2) is 4.79 Å². The molecule has 1 spiro atoms. The number of carbonyl (C=O) groups is 2. The molecule has 0 radical (unpaired) electrons. The molecule has 1 N–H and O–H groups in total. The minimum Gasteiger partial charge on any atom is -0.317 e. The highest BCUT2D eigenvalue weighted by molar-refractivity contribution is 6.07. The molecule has 0 aliphatic carbocycles. The maximum atomic E-state index is 13.0. The molecule has 9 heteroatoms. The Kier molecular flexibility index (Phi) is 5.87. The molecule has 2 fully saturated rings. The Bertz CT molecular complexity index is 690. The quantitative estimate of drug-likeness (QED) is 0.806. The lowest BCUT2D eigenvalue weighted by Gasteiger charge is -2.37. The lowest BCUT2D eigenvalue weighted by Crippen LogP contribution is -2.55. The van der Waals surface area contributed by atoms with Crippen LogP contribution in [0.25, 0.3) is 0 Å². The van der Waals surface area contributed by atoms with Crippen LogP contribution in [0.4, 0.5) is 18.0 Å². The number of hydrogen-bond acceptors (Lipinski definition) is 3. The summed E-state index contributed by atoms with van der Waals surface area (Å²) in [5, 5.41) is 3.17. The van der Waals surface area contributed by atoms with E-state index >= 15 is 0 Å². The van der Waals surface area contributed by atoms with Crippen LogP contribution in [-0.2, 0) is 17.5 Å². The van der Waals surface area contributed by atoms with Gasteiger partial charge in [0.2, 0.25) is 0 Å². The second kappa shape index (κ2) is 7.44. The van der Waals surface area contributed by atoms with Crippen molar-refractivity contribution in [1.82, 2.24) is 15.1 Å². The van der Waals surface area contributed by atoms with Crippen LogP contribution in [0.3, 0.4) is 0 Å². The molecule has 0 atom stereocenters. The van der Waals surface area contributed by atoms with Crippen molar-refractivity contribution >= 4 is 24.3 Å². The zero-order valence-electron chi connectivity index (χ0n) is 14.3. The number of imide groups is 1. The molecular weight excluding hydrogens is 371 g/mol. The molecule has 2 saturated heterocycles. The number of piperidine rings is 1. The molecule has 2 aliphatic rings. The number of urea groups is 1. The highest BCUT2D eigenvalue weighted by Gasteiger charge is 2.56. The number of rotatable bonds is 3. The first-order valence-corrected chi connectivity index (χ1v) is 8.30. The Labute approximate surface area is 155 Å². The number of nitrogens with zero attached hydrogens (tertiary/aromatic N) is 2. The van der Waals surface area contributed by atoms with Gasteiger partial charge in [0.05, 0.1) is 12.1 Å². The molecule has 0 saturated carbocycles. The minimum atomic E-state index is -4.46. The van der Waals surface area contributed by atoms with Crippen molar-refractivity contribution in [3.63, 3.8) is 0 Å². The van der Waals surface area contributed by atoms with Crippen LogP contribution in [0.2, 0.25) is 0 Å². The van der Waals surface area contributed by atoms with Gasteiger partial charge < -0.3 is 10.2 Å². The average Bonchev–Trinajstić information content (AvgIpc) is 2.76. The van der Waals surface area contributed by atoms with E-state index in [-0.39, 0.29) is 24.9 Å². The Morgan fingerprint density at radius 1 is 1.19 bits per heavy atom. The standard InChI is InChI=1S/C17H20F3N3O2.ClH/c1-2-23-15(25)22(14(24)16(23)6-8-21-9-7-16)11-12-4-3-5-13(10-12)17(18,19)20;/h3-5,10,21H,2,6-9,11H2,1H3;1H. The van der Waals surface area contributed by atoms with E-state index in [1.54, 1.807) is 4.90 Å². The third-order valence-corrected chi connectivity index (χ3v) is 4.96. The van der Waals surface area contributed by atoms with Crippen LogP contribution in [0, 0.1) is 0 Å². The van der Waals surface area contributed by atoms with Crippen molar-refractivity contribution < 1.29 is 22.8 Å². The lowest BCUT2D eigenvalue weighted by atomic mass is 9.86. The first-order chi connectivity index (χ1) is 11.8. The first-order valence-electron chi connectivity index (χ1n) is 8.30. The minimum absolute atomic E-state index is 0. The molecule has 5 nitrogen and oxygen atoms in total. The average molecular weight is 392 g/mol. The predicted molar refractivity (Wildman–Crippen MR) is 91.9 cm³/mol. The van der Waals surface area contributed by atoms with Gasteiger partial charge in [-0.2, -0.15) is 13.2 Å². The number of amides is 3. The van der Waals surface area contributed by atoms with Crippen molar-refractivity contribution in [3.05, 3.63) is 35.4 Å². The van der Waals surface area contributed by atoms with E-state index in [0.717, 1.165) is 17.0 Å². The fraction of sp³-hybridized carbons (Fsp3) is 0.529. The molecule has 0 aromatic heterocycles. The van der Waals surface area contributed by atoms with Crippen LogP contribution in [-0.4, -0.2) is 46.9 Å². The molecular formula is C17H21ClF3N3O2. The smallest absolute Gasteiger partial charge is 0.317 e. The van der Waals surface area contributed by atoms with Crippen molar-refractivity contribution in [2.75, 3.05) is 19.6 Å². The molecule has 3 rings (SSSR count). The maximum Gasteiger partial charge on any atom is 0.416 e. The number of alkyl halides is 3. The summed E-state index contributed by atoms with van der Waals surface area (Å²) < 4.78 is 38.6. The molecule has 26 heavy (non-hydrogen) atoms. The molecule has 2 aliphatic heterocycles. The van der Waals surface area contributed by atoms with Crippen molar-refractivity contribution in [2.24, 2.45) is 0 Å². The van der Waals surface area contributed by atoms with Crippen molar-refractivity contribution in [2.45, 2.75) is 38.0 Å². The van der Waals surface area contributed by atoms with Crippen molar-refractivity contribution in [3.8, 4) is 0 Å². The van der Waals surface area contributed by atoms with Gasteiger partial charge in [0.15, 0.2) is 0 Å². The van der Waals surface area contributed by atoms with Gasteiger partial charge >= 0.3 is 12.2 Å². The molecule has 1 aromatic carbocycles. The van der Waals surface area contributed by atoms with Crippen molar-refractivity contribution in [1.29, 1.82) is 0 Å². The largest absolute Gasteiger partial charge is 0.416 e. The Morgan fingerprint density at radius 3 is 2.42 bits per heavy atom. The highest BCUT2D eigenvalue weighted by Crippen LogP contribution is 2.36. The summed E-state index contributed by atoms with van der Waals surface area (Å²) in [6.07, 6.45) is -3.42. The number of nitrogens with one attached hydrogen (secondary N) is 1. The van der Waals surface area contributed by atoms with Gasteiger partial charge in [-0.1, -0.05) is 12.1 Å². The summed E-state index contributed by atoms with van der Waals surface area (Å²) >= 11 is 0. The summed E-state index contributed by atoms with van der Waals surface area (Å²) in [6, 6.07) is 4.33. The van der Waals surface area contributed by atoms with Crippen LogP contribution < -0.4 is 5.32 Å². The fourth-order valence-corrected chi connectivity index (χ4v) is 3.71. The van der Waals surface area contributed by atoms with Gasteiger partial charge in [0.25, 0.3) is 5.91 Å². The van der Waals surface area contributed by atoms with Crippen LogP contribution in [0.1, 0.15) is 30.9 Å². The first kappa shape index (κ1) is 20.5. The lowest BCUT2D eigenvalue weighted by molar-refractivity contribution is -0.137. The number of likely N-dealkylation sites (N-methyl/N-ethyl adjacent to an activating group) is 1. The third-order valence-electron chi connectivity index (χ3n) is 4.96. The summed E-state index contributed by atoms with van der Waals surface area (Å²) in [7, 11) is 0. The number of hydrogen-bond donors (Lipinski definition) is 1. The third kappa shape index (κ3) is 3.40. The number of carbonyl (C=O) groups excluding carboxylic acids is 2. The molecule has 2 heterocycles. The van der Waals surface area contributed by atoms with E-state index in [4.69, 9.17) is 0 Å². The molecule has 144 valence electrons. The number of halogens is 4. The van der Waals surface area contributed by atoms with Gasteiger partial charge in [0.1, 0.15) is 5.54 Å². The zero-order chi connectivity index (χ0) is 18.2. The van der Waals surface area contributed by atoms with E-state index in [2.05, 4.69) is 5.32 Å². The summed E-state index contributed by atoms with van der Waals surface area (Å²) in [5.41, 5.74) is -1.36. The SMILES string of the molecule is CCN1C(=O)N(Cc2cccc(C(F)(F)F)c2)C(=O)C12CCNCC2.Cl. The van der Waals surface area contributed by atoms with Crippen LogP contribution >= 0.6 is 12.4 Å². The van der Waals surface area contributed by atoms with E-state index in [1.165, 1.54) is 12.1 Å². The molecule has 0 unspecified atom stereocenters. The van der Waals surface area contributed by atoms with E-state index in [9.17, 15) is 22.8 Å². The normalized spacial score (nSPS) is 19.8. The van der Waals surface area contributed by atoms with E-state index < -0.39 is 23.3 Å². The Hall–Kier alpha value is -1.80. The summed E-state index contributed by atoms with van der Waals surface area (Å²) in [4.78, 5) is 28.3. The van der Waals surface area contributed by atoms with Gasteiger partial charge in [0, 0.05) is 6.54 Å². The Morgan fingerprint density at radius 2 is 1.85 bits per heavy atom. The van der Waals surface area contributed by atoms with Gasteiger partial charge in [-0.3, -0.25) is 9.69 Å². The monoisotopic (exact) mass is 391 g/mol. The van der Waals surface area contributed by atoms with Gasteiger partial charge in [-0.05, 0) is 50.6 Å². The Balaban J connectivity index is 0.00000243. The maximum absolute atomic E-state index is 13.0. The highest BCUT2D eigenvalue weighted by atomic mass is 35.5. The predicted octanol–water partition coefficient (Wildman–Crippen LogP) is 3.03. The zero-order valence-corrected chi connectivity index (χ0v) is 15.1. The van der Waals surface area contributed by atoms with E-state index in [1.807, 2.05) is 6.92 Å². The molecule has 1 aromatic rings. The number of benzene rings is 1. The van der Waals surface area contributed by atoms with Crippen LogP contribution in [0.15, 0.2) is 24.3 Å². The second-order valence-electron chi connectivity index (χ2n) is 6.40. The second-order valence-corrected chi connectivity index (χ2v) is 6.40. The summed E-state index contributed by atoms with van der Waals surface area (Å²) in [5.74, 6) is -0.307. The molecule has 3 amide bonds.